The SMILES string of the molecule is O=Cc1c(-c2ccc(F)cc2)n(F)c2cccc(F)c12. The molecule has 0 fully saturated rings. The molecule has 100 valence electrons. The van der Waals surface area contributed by atoms with Crippen LogP contribution in [0.2, 0.25) is 0 Å². The van der Waals surface area contributed by atoms with Crippen LogP contribution in [-0.4, -0.2) is 11.1 Å². The number of aromatic nitrogens is 1. The van der Waals surface area contributed by atoms with E-state index in [0.29, 0.717) is 11.8 Å². The Bertz CT molecular complexity index is 806. The van der Waals surface area contributed by atoms with Gasteiger partial charge in [0.25, 0.3) is 0 Å². The lowest BCUT2D eigenvalue weighted by Gasteiger charge is -2.02. The summed E-state index contributed by atoms with van der Waals surface area (Å²) in [5, 5.41) is -0.0793. The number of aldehydes is 1. The molecule has 2 aromatic carbocycles. The summed E-state index contributed by atoms with van der Waals surface area (Å²) in [5.41, 5.74) is 0.0883. The van der Waals surface area contributed by atoms with Crippen molar-refractivity contribution in [3.05, 3.63) is 59.7 Å². The third-order valence-corrected chi connectivity index (χ3v) is 3.16. The van der Waals surface area contributed by atoms with Gasteiger partial charge in [0.1, 0.15) is 11.6 Å². The van der Waals surface area contributed by atoms with E-state index in [9.17, 15) is 18.1 Å². The first kappa shape index (κ1) is 12.5. The summed E-state index contributed by atoms with van der Waals surface area (Å²) in [6, 6.07) is 8.87. The maximum absolute atomic E-state index is 14.3. The van der Waals surface area contributed by atoms with Gasteiger partial charge in [-0.1, -0.05) is 10.5 Å². The van der Waals surface area contributed by atoms with Crippen molar-refractivity contribution in [2.45, 2.75) is 0 Å². The zero-order valence-corrected chi connectivity index (χ0v) is 10.1. The van der Waals surface area contributed by atoms with Crippen molar-refractivity contribution in [2.75, 3.05) is 0 Å². The number of carbonyl (C=O) groups is 1. The van der Waals surface area contributed by atoms with Crippen molar-refractivity contribution in [3.8, 4) is 11.3 Å². The van der Waals surface area contributed by atoms with Crippen molar-refractivity contribution < 1.29 is 18.1 Å². The second-order valence-corrected chi connectivity index (χ2v) is 4.30. The van der Waals surface area contributed by atoms with E-state index in [0.717, 1.165) is 18.2 Å². The lowest BCUT2D eigenvalue weighted by molar-refractivity contribution is 0.112. The molecule has 0 saturated heterocycles. The van der Waals surface area contributed by atoms with E-state index in [2.05, 4.69) is 0 Å². The quantitative estimate of drug-likeness (QED) is 0.644. The summed E-state index contributed by atoms with van der Waals surface area (Å²) in [6.07, 6.45) is 0.403. The maximum Gasteiger partial charge on any atom is 0.153 e. The molecule has 20 heavy (non-hydrogen) atoms. The third-order valence-electron chi connectivity index (χ3n) is 3.16. The molecule has 0 N–H and O–H groups in total. The molecule has 1 aromatic heterocycles. The van der Waals surface area contributed by atoms with Crippen LogP contribution in [0, 0.1) is 11.6 Å². The molecule has 0 aliphatic heterocycles. The van der Waals surface area contributed by atoms with Crippen molar-refractivity contribution >= 4 is 17.2 Å². The zero-order chi connectivity index (χ0) is 14.3. The molecule has 0 saturated carbocycles. The Balaban J connectivity index is 2.41. The molecule has 1 heterocycles. The lowest BCUT2D eigenvalue weighted by Crippen LogP contribution is -1.90. The van der Waals surface area contributed by atoms with E-state index in [-0.39, 0.29) is 26.9 Å². The first-order chi connectivity index (χ1) is 9.63. The van der Waals surface area contributed by atoms with Crippen LogP contribution in [0.5, 0.6) is 0 Å². The summed E-state index contributed by atoms with van der Waals surface area (Å²) in [4.78, 5) is 11.5. The molecule has 0 amide bonds. The molecule has 0 unspecified atom stereocenters. The molecule has 0 atom stereocenters. The number of fused-ring (bicyclic) bond motifs is 1. The van der Waals surface area contributed by atoms with Gasteiger partial charge in [0.05, 0.1) is 16.8 Å². The largest absolute Gasteiger partial charge is 0.298 e. The number of halogens is 3. The molecule has 3 rings (SSSR count). The number of hydrogen-bond donors (Lipinski definition) is 0. The Morgan fingerprint density at radius 3 is 2.35 bits per heavy atom. The highest BCUT2D eigenvalue weighted by molar-refractivity contribution is 6.05. The fraction of sp³-hybridized carbons (Fsp3) is 0. The fourth-order valence-corrected chi connectivity index (χ4v) is 2.28. The van der Waals surface area contributed by atoms with Crippen LogP contribution in [0.1, 0.15) is 10.4 Å². The number of benzene rings is 2. The van der Waals surface area contributed by atoms with E-state index in [1.165, 1.54) is 24.3 Å². The Morgan fingerprint density at radius 2 is 1.70 bits per heavy atom. The van der Waals surface area contributed by atoms with Gasteiger partial charge < -0.3 is 0 Å². The monoisotopic (exact) mass is 275 g/mol. The Hall–Kier alpha value is -2.56. The summed E-state index contributed by atoms with van der Waals surface area (Å²) in [5.74, 6) is -1.15. The van der Waals surface area contributed by atoms with Crippen LogP contribution < -0.4 is 0 Å². The van der Waals surface area contributed by atoms with Gasteiger partial charge in [-0.25, -0.2) is 8.78 Å². The third kappa shape index (κ3) is 1.71. The van der Waals surface area contributed by atoms with E-state index in [1.807, 2.05) is 0 Å². The molecule has 0 bridgehead atoms. The van der Waals surface area contributed by atoms with Crippen LogP contribution in [0.4, 0.5) is 13.3 Å². The Kier molecular flexibility index (Phi) is 2.82. The number of hydrogen-bond acceptors (Lipinski definition) is 1. The highest BCUT2D eigenvalue weighted by Gasteiger charge is 2.21. The summed E-state index contributed by atoms with van der Waals surface area (Å²) in [6.45, 7) is 0. The van der Waals surface area contributed by atoms with Crippen LogP contribution in [0.25, 0.3) is 22.2 Å². The number of rotatable bonds is 2. The number of nitrogens with zero attached hydrogens (tertiary/aromatic N) is 1. The summed E-state index contributed by atoms with van der Waals surface area (Å²) >= 11 is 0. The highest BCUT2D eigenvalue weighted by Crippen LogP contribution is 2.34. The van der Waals surface area contributed by atoms with E-state index in [4.69, 9.17) is 0 Å². The second-order valence-electron chi connectivity index (χ2n) is 4.30. The molecule has 0 aliphatic rings. The Morgan fingerprint density at radius 1 is 1.00 bits per heavy atom. The zero-order valence-electron chi connectivity index (χ0n) is 10.1. The average Bonchev–Trinajstić information content (AvgIpc) is 2.74. The minimum Gasteiger partial charge on any atom is -0.298 e. The number of carbonyl (C=O) groups excluding carboxylic acids is 1. The summed E-state index contributed by atoms with van der Waals surface area (Å²) < 4.78 is 41.1. The van der Waals surface area contributed by atoms with Crippen molar-refractivity contribution in [3.63, 3.8) is 0 Å². The summed E-state index contributed by atoms with van der Waals surface area (Å²) in [7, 11) is 0. The molecule has 3 aromatic rings. The van der Waals surface area contributed by atoms with Crippen LogP contribution in [0.3, 0.4) is 0 Å². The van der Waals surface area contributed by atoms with Gasteiger partial charge in [-0.2, -0.15) is 4.79 Å². The van der Waals surface area contributed by atoms with Gasteiger partial charge in [-0.15, -0.1) is 0 Å². The minimum absolute atomic E-state index is 0.0357. The molecule has 5 heteroatoms. The van der Waals surface area contributed by atoms with Gasteiger partial charge in [-0.05, 0) is 36.4 Å². The molecular weight excluding hydrogens is 267 g/mol. The first-order valence-corrected chi connectivity index (χ1v) is 5.83. The van der Waals surface area contributed by atoms with Gasteiger partial charge in [0, 0.05) is 10.9 Å². The van der Waals surface area contributed by atoms with Crippen LogP contribution in [-0.2, 0) is 0 Å². The molecule has 0 aliphatic carbocycles. The maximum atomic E-state index is 14.3. The normalized spacial score (nSPS) is 10.9. The van der Waals surface area contributed by atoms with E-state index >= 15 is 0 Å². The molecule has 0 spiro atoms. The van der Waals surface area contributed by atoms with E-state index in [1.54, 1.807) is 0 Å². The first-order valence-electron chi connectivity index (χ1n) is 5.83. The van der Waals surface area contributed by atoms with Crippen LogP contribution >= 0.6 is 0 Å². The second kappa shape index (κ2) is 4.52. The van der Waals surface area contributed by atoms with Gasteiger partial charge in [0.2, 0.25) is 0 Å². The standard InChI is InChI=1S/C15H8F3NO/c16-10-6-4-9(5-7-10)15-11(8-20)14-12(17)2-1-3-13(14)19(15)18/h1-8H. The Labute approximate surface area is 112 Å². The predicted octanol–water partition coefficient (Wildman–Crippen LogP) is 4.13. The van der Waals surface area contributed by atoms with Gasteiger partial charge in [0.15, 0.2) is 6.29 Å². The average molecular weight is 275 g/mol. The molecule has 0 radical (unpaired) electrons. The van der Waals surface area contributed by atoms with Crippen LogP contribution in [0.15, 0.2) is 42.5 Å². The lowest BCUT2D eigenvalue weighted by atomic mass is 10.1. The van der Waals surface area contributed by atoms with Gasteiger partial charge >= 0.3 is 0 Å². The van der Waals surface area contributed by atoms with Gasteiger partial charge in [-0.3, -0.25) is 4.79 Å². The predicted molar refractivity (Wildman–Crippen MR) is 69.2 cm³/mol. The van der Waals surface area contributed by atoms with Crippen molar-refractivity contribution in [1.29, 1.82) is 0 Å². The topological polar surface area (TPSA) is 22.0 Å². The smallest absolute Gasteiger partial charge is 0.153 e. The minimum atomic E-state index is -0.677. The molecular formula is C15H8F3NO. The van der Waals surface area contributed by atoms with Crippen molar-refractivity contribution in [1.82, 2.24) is 4.79 Å². The van der Waals surface area contributed by atoms with E-state index < -0.39 is 11.6 Å². The van der Waals surface area contributed by atoms with Crippen molar-refractivity contribution in [2.24, 2.45) is 0 Å². The fourth-order valence-electron chi connectivity index (χ4n) is 2.28. The highest BCUT2D eigenvalue weighted by atomic mass is 19.2. The molecule has 2 nitrogen and oxygen atoms in total.